The molecule has 0 aliphatic heterocycles. The molecule has 0 amide bonds. The monoisotopic (exact) mass is 197 g/mol. The lowest BCUT2D eigenvalue weighted by atomic mass is 10.3. The summed E-state index contributed by atoms with van der Waals surface area (Å²) >= 11 is 0. The van der Waals surface area contributed by atoms with Crippen LogP contribution in [0.5, 0.6) is 5.75 Å². The van der Waals surface area contributed by atoms with Gasteiger partial charge in [-0.3, -0.25) is 0 Å². The summed E-state index contributed by atoms with van der Waals surface area (Å²) in [6.07, 6.45) is 1.42. The van der Waals surface area contributed by atoms with E-state index in [1.165, 1.54) is 6.33 Å². The quantitative estimate of drug-likeness (QED) is 0.484. The van der Waals surface area contributed by atoms with Crippen molar-refractivity contribution in [3.05, 3.63) is 6.33 Å². The zero-order valence-corrected chi connectivity index (χ0v) is 8.53. The third-order valence-corrected chi connectivity index (χ3v) is 1.57. The fraction of sp³-hybridized carbons (Fsp3) is 0.500. The van der Waals surface area contributed by atoms with Crippen LogP contribution in [-0.2, 0) is 0 Å². The molecule has 0 bridgehead atoms. The Bertz CT molecular complexity index is 302. The minimum Gasteiger partial charge on any atom is -0.490 e. The number of nitrogens with two attached hydrogens (primary N) is 1. The summed E-state index contributed by atoms with van der Waals surface area (Å²) in [6, 6.07) is 0.268. The third-order valence-electron chi connectivity index (χ3n) is 1.57. The molecule has 14 heavy (non-hydrogen) atoms. The topological polar surface area (TPSA) is 85.1 Å². The summed E-state index contributed by atoms with van der Waals surface area (Å²) < 4.78 is 5.14. The molecule has 6 nitrogen and oxygen atoms in total. The molecule has 0 radical (unpaired) electrons. The maximum atomic E-state index is 5.28. The molecular formula is C8H15N5O. The Balaban J connectivity index is 3.02. The van der Waals surface area contributed by atoms with Gasteiger partial charge in [0.2, 0.25) is 5.75 Å². The maximum absolute atomic E-state index is 5.28. The van der Waals surface area contributed by atoms with Gasteiger partial charge in [0.05, 0.1) is 7.11 Å². The molecule has 0 aliphatic carbocycles. The van der Waals surface area contributed by atoms with Crippen LogP contribution in [-0.4, -0.2) is 23.1 Å². The van der Waals surface area contributed by atoms with Crippen LogP contribution < -0.4 is 21.3 Å². The van der Waals surface area contributed by atoms with Crippen molar-refractivity contribution in [1.29, 1.82) is 0 Å². The number of nitrogen functional groups attached to an aromatic ring is 1. The lowest BCUT2D eigenvalue weighted by Crippen LogP contribution is -2.15. The van der Waals surface area contributed by atoms with Gasteiger partial charge in [0.15, 0.2) is 11.6 Å². The Kier molecular flexibility index (Phi) is 3.47. The molecule has 1 aromatic rings. The van der Waals surface area contributed by atoms with Gasteiger partial charge in [0, 0.05) is 6.04 Å². The highest BCUT2D eigenvalue weighted by molar-refractivity contribution is 5.63. The van der Waals surface area contributed by atoms with Crippen molar-refractivity contribution in [2.24, 2.45) is 5.84 Å². The summed E-state index contributed by atoms with van der Waals surface area (Å²) in [6.45, 7) is 4.02. The maximum Gasteiger partial charge on any atom is 0.205 e. The molecular weight excluding hydrogens is 182 g/mol. The van der Waals surface area contributed by atoms with Gasteiger partial charge in [-0.1, -0.05) is 0 Å². The predicted molar refractivity (Wildman–Crippen MR) is 55.2 cm³/mol. The molecule has 0 saturated carbocycles. The van der Waals surface area contributed by atoms with Gasteiger partial charge in [-0.05, 0) is 13.8 Å². The number of hydrazine groups is 1. The molecule has 0 unspecified atom stereocenters. The summed E-state index contributed by atoms with van der Waals surface area (Å²) in [7, 11) is 1.55. The first-order valence-electron chi connectivity index (χ1n) is 4.31. The van der Waals surface area contributed by atoms with Crippen LogP contribution >= 0.6 is 0 Å². The summed E-state index contributed by atoms with van der Waals surface area (Å²) in [5.74, 6) is 6.89. The number of nitrogens with one attached hydrogen (secondary N) is 2. The fourth-order valence-electron chi connectivity index (χ4n) is 1.05. The van der Waals surface area contributed by atoms with E-state index in [2.05, 4.69) is 20.7 Å². The van der Waals surface area contributed by atoms with Crippen molar-refractivity contribution in [2.45, 2.75) is 19.9 Å². The third kappa shape index (κ3) is 2.23. The Morgan fingerprint density at radius 2 is 2.00 bits per heavy atom. The van der Waals surface area contributed by atoms with Gasteiger partial charge in [-0.25, -0.2) is 15.8 Å². The second kappa shape index (κ2) is 4.61. The zero-order chi connectivity index (χ0) is 10.6. The number of rotatable bonds is 4. The molecule has 4 N–H and O–H groups in total. The number of nitrogens with zero attached hydrogens (tertiary/aromatic N) is 2. The average Bonchev–Trinajstić information content (AvgIpc) is 2.16. The van der Waals surface area contributed by atoms with Gasteiger partial charge < -0.3 is 15.5 Å². The normalized spacial score (nSPS) is 10.1. The lowest BCUT2D eigenvalue weighted by Gasteiger charge is -2.14. The van der Waals surface area contributed by atoms with Gasteiger partial charge in [-0.15, -0.1) is 0 Å². The van der Waals surface area contributed by atoms with Crippen molar-refractivity contribution < 1.29 is 4.74 Å². The molecule has 1 heterocycles. The largest absolute Gasteiger partial charge is 0.490 e. The van der Waals surface area contributed by atoms with Crippen LogP contribution in [0.3, 0.4) is 0 Å². The smallest absolute Gasteiger partial charge is 0.205 e. The van der Waals surface area contributed by atoms with E-state index in [0.717, 1.165) is 0 Å². The van der Waals surface area contributed by atoms with E-state index in [1.54, 1.807) is 7.11 Å². The first kappa shape index (κ1) is 10.5. The molecule has 1 rings (SSSR count). The van der Waals surface area contributed by atoms with E-state index in [-0.39, 0.29) is 6.04 Å². The molecule has 6 heteroatoms. The first-order valence-corrected chi connectivity index (χ1v) is 4.31. The van der Waals surface area contributed by atoms with Crippen LogP contribution in [0.2, 0.25) is 0 Å². The number of hydrogen-bond donors (Lipinski definition) is 3. The molecule has 0 spiro atoms. The lowest BCUT2D eigenvalue weighted by molar-refractivity contribution is 0.414. The Morgan fingerprint density at radius 1 is 1.36 bits per heavy atom. The molecule has 0 fully saturated rings. The summed E-state index contributed by atoms with van der Waals surface area (Å²) in [4.78, 5) is 7.98. The van der Waals surface area contributed by atoms with Crippen LogP contribution in [0, 0.1) is 0 Å². The van der Waals surface area contributed by atoms with Gasteiger partial charge in [-0.2, -0.15) is 0 Å². The van der Waals surface area contributed by atoms with E-state index < -0.39 is 0 Å². The van der Waals surface area contributed by atoms with Gasteiger partial charge in [0.25, 0.3) is 0 Å². The van der Waals surface area contributed by atoms with E-state index in [9.17, 15) is 0 Å². The number of hydrogen-bond acceptors (Lipinski definition) is 6. The second-order valence-electron chi connectivity index (χ2n) is 3.05. The Morgan fingerprint density at radius 3 is 2.50 bits per heavy atom. The molecule has 1 aromatic heterocycles. The summed E-state index contributed by atoms with van der Waals surface area (Å²) in [5.41, 5.74) is 2.44. The summed E-state index contributed by atoms with van der Waals surface area (Å²) in [5, 5.41) is 3.13. The van der Waals surface area contributed by atoms with Gasteiger partial charge >= 0.3 is 0 Å². The Hall–Kier alpha value is -1.56. The van der Waals surface area contributed by atoms with E-state index >= 15 is 0 Å². The number of anilines is 2. The van der Waals surface area contributed by atoms with Crippen LogP contribution in [0.4, 0.5) is 11.6 Å². The number of ether oxygens (including phenoxy) is 1. The van der Waals surface area contributed by atoms with E-state index in [1.807, 2.05) is 13.8 Å². The van der Waals surface area contributed by atoms with Crippen molar-refractivity contribution >= 4 is 11.6 Å². The SMILES string of the molecule is COc1c(NN)ncnc1NC(C)C. The van der Waals surface area contributed by atoms with Crippen LogP contribution in [0.15, 0.2) is 6.33 Å². The first-order chi connectivity index (χ1) is 6.69. The predicted octanol–water partition coefficient (Wildman–Crippen LogP) is 0.591. The van der Waals surface area contributed by atoms with Crippen molar-refractivity contribution in [1.82, 2.24) is 9.97 Å². The van der Waals surface area contributed by atoms with Crippen molar-refractivity contribution in [3.8, 4) is 5.75 Å². The minimum absolute atomic E-state index is 0.268. The number of methoxy groups -OCH3 is 1. The second-order valence-corrected chi connectivity index (χ2v) is 3.05. The highest BCUT2D eigenvalue weighted by Crippen LogP contribution is 2.28. The molecule has 0 aliphatic rings. The molecule has 0 aromatic carbocycles. The number of aromatic nitrogens is 2. The van der Waals surface area contributed by atoms with Crippen LogP contribution in [0.1, 0.15) is 13.8 Å². The Labute approximate surface area is 82.9 Å². The standard InChI is InChI=1S/C8H15N5O/c1-5(2)12-7-6(14-3)8(13-9)11-4-10-7/h4-5H,9H2,1-3H3,(H2,10,11,12,13). The minimum atomic E-state index is 0.268. The van der Waals surface area contributed by atoms with Crippen molar-refractivity contribution in [3.63, 3.8) is 0 Å². The average molecular weight is 197 g/mol. The van der Waals surface area contributed by atoms with Crippen molar-refractivity contribution in [2.75, 3.05) is 17.9 Å². The molecule has 0 saturated heterocycles. The molecule has 0 atom stereocenters. The van der Waals surface area contributed by atoms with Crippen LogP contribution in [0.25, 0.3) is 0 Å². The highest BCUT2D eigenvalue weighted by atomic mass is 16.5. The van der Waals surface area contributed by atoms with E-state index in [0.29, 0.717) is 17.4 Å². The van der Waals surface area contributed by atoms with E-state index in [4.69, 9.17) is 10.6 Å². The fourth-order valence-corrected chi connectivity index (χ4v) is 1.05. The van der Waals surface area contributed by atoms with Gasteiger partial charge in [0.1, 0.15) is 6.33 Å². The highest BCUT2D eigenvalue weighted by Gasteiger charge is 2.11. The molecule has 78 valence electrons. The zero-order valence-electron chi connectivity index (χ0n) is 8.53.